The van der Waals surface area contributed by atoms with Crippen LogP contribution >= 0.6 is 0 Å². The SMILES string of the molecule is CCN1CCCC(NCc2cc3ccccc3[nH]c2=O)C1. The minimum Gasteiger partial charge on any atom is -0.322 e. The molecule has 4 heteroatoms. The summed E-state index contributed by atoms with van der Waals surface area (Å²) in [7, 11) is 0. The van der Waals surface area contributed by atoms with E-state index in [2.05, 4.69) is 22.1 Å². The van der Waals surface area contributed by atoms with Gasteiger partial charge < -0.3 is 15.2 Å². The highest BCUT2D eigenvalue weighted by Crippen LogP contribution is 2.12. The van der Waals surface area contributed by atoms with E-state index in [1.165, 1.54) is 19.4 Å². The second kappa shape index (κ2) is 6.41. The lowest BCUT2D eigenvalue weighted by atomic mass is 10.1. The summed E-state index contributed by atoms with van der Waals surface area (Å²) >= 11 is 0. The number of rotatable bonds is 4. The van der Waals surface area contributed by atoms with Crippen LogP contribution in [0.4, 0.5) is 0 Å². The van der Waals surface area contributed by atoms with Gasteiger partial charge in [0, 0.05) is 30.2 Å². The van der Waals surface area contributed by atoms with E-state index >= 15 is 0 Å². The summed E-state index contributed by atoms with van der Waals surface area (Å²) in [5.41, 5.74) is 1.74. The fourth-order valence-electron chi connectivity index (χ4n) is 3.09. The number of fused-ring (bicyclic) bond motifs is 1. The summed E-state index contributed by atoms with van der Waals surface area (Å²) in [5.74, 6) is 0. The number of piperidine rings is 1. The number of hydrogen-bond donors (Lipinski definition) is 2. The van der Waals surface area contributed by atoms with Crippen molar-refractivity contribution in [1.29, 1.82) is 0 Å². The highest BCUT2D eigenvalue weighted by atomic mass is 16.1. The van der Waals surface area contributed by atoms with E-state index in [0.717, 1.165) is 29.6 Å². The number of pyridine rings is 1. The normalized spacial score (nSPS) is 20.0. The number of likely N-dealkylation sites (N-methyl/N-ethyl adjacent to an activating group) is 1. The Kier molecular flexibility index (Phi) is 4.36. The van der Waals surface area contributed by atoms with Gasteiger partial charge in [-0.1, -0.05) is 25.1 Å². The monoisotopic (exact) mass is 285 g/mol. The van der Waals surface area contributed by atoms with Crippen LogP contribution in [0.25, 0.3) is 10.9 Å². The zero-order chi connectivity index (χ0) is 14.7. The highest BCUT2D eigenvalue weighted by Gasteiger charge is 2.18. The van der Waals surface area contributed by atoms with Crippen LogP contribution in [0.15, 0.2) is 35.1 Å². The van der Waals surface area contributed by atoms with E-state index in [1.807, 2.05) is 30.3 Å². The van der Waals surface area contributed by atoms with Gasteiger partial charge in [-0.3, -0.25) is 4.79 Å². The molecular formula is C17H23N3O. The Hall–Kier alpha value is -1.65. The molecule has 1 atom stereocenters. The summed E-state index contributed by atoms with van der Waals surface area (Å²) in [4.78, 5) is 17.5. The van der Waals surface area contributed by atoms with Crippen molar-refractivity contribution in [3.8, 4) is 0 Å². The van der Waals surface area contributed by atoms with Crippen LogP contribution in [-0.4, -0.2) is 35.6 Å². The van der Waals surface area contributed by atoms with Crippen LogP contribution in [0.3, 0.4) is 0 Å². The van der Waals surface area contributed by atoms with Crippen molar-refractivity contribution < 1.29 is 0 Å². The molecule has 3 rings (SSSR count). The van der Waals surface area contributed by atoms with Gasteiger partial charge in [0.25, 0.3) is 5.56 Å². The number of nitrogens with zero attached hydrogens (tertiary/aromatic N) is 1. The Morgan fingerprint density at radius 1 is 1.38 bits per heavy atom. The first-order valence-electron chi connectivity index (χ1n) is 7.83. The third kappa shape index (κ3) is 3.34. The fourth-order valence-corrected chi connectivity index (χ4v) is 3.09. The standard InChI is InChI=1S/C17H23N3O/c1-2-20-9-5-7-15(12-20)18-11-14-10-13-6-3-4-8-16(13)19-17(14)21/h3-4,6,8,10,15,18H,2,5,7,9,11-12H2,1H3,(H,19,21). The molecule has 2 N–H and O–H groups in total. The first kappa shape index (κ1) is 14.3. The maximum Gasteiger partial charge on any atom is 0.252 e. The number of nitrogens with one attached hydrogen (secondary N) is 2. The molecule has 0 saturated carbocycles. The van der Waals surface area contributed by atoms with Gasteiger partial charge in [0.2, 0.25) is 0 Å². The number of aromatic nitrogens is 1. The lowest BCUT2D eigenvalue weighted by Crippen LogP contribution is -2.45. The lowest BCUT2D eigenvalue weighted by molar-refractivity contribution is 0.198. The molecule has 1 aromatic carbocycles. The van der Waals surface area contributed by atoms with Gasteiger partial charge in [-0.05, 0) is 43.5 Å². The number of H-pyrrole nitrogens is 1. The summed E-state index contributed by atoms with van der Waals surface area (Å²) < 4.78 is 0. The van der Waals surface area contributed by atoms with Crippen LogP contribution in [0, 0.1) is 0 Å². The maximum atomic E-state index is 12.1. The minimum absolute atomic E-state index is 0.0179. The molecule has 2 aromatic rings. The molecule has 0 spiro atoms. The first-order chi connectivity index (χ1) is 10.3. The molecule has 1 aliphatic rings. The number of likely N-dealkylation sites (tertiary alicyclic amines) is 1. The molecule has 2 heterocycles. The van der Waals surface area contributed by atoms with Gasteiger partial charge in [0.05, 0.1) is 0 Å². The van der Waals surface area contributed by atoms with Crippen molar-refractivity contribution in [2.24, 2.45) is 0 Å². The molecule has 1 saturated heterocycles. The molecule has 0 amide bonds. The largest absolute Gasteiger partial charge is 0.322 e. The van der Waals surface area contributed by atoms with Crippen molar-refractivity contribution in [3.63, 3.8) is 0 Å². The number of benzene rings is 1. The van der Waals surface area contributed by atoms with E-state index in [0.29, 0.717) is 12.6 Å². The average Bonchev–Trinajstić information content (AvgIpc) is 2.53. The Morgan fingerprint density at radius 2 is 2.24 bits per heavy atom. The van der Waals surface area contributed by atoms with Crippen LogP contribution in [0.2, 0.25) is 0 Å². The van der Waals surface area contributed by atoms with Crippen LogP contribution in [-0.2, 0) is 6.54 Å². The van der Waals surface area contributed by atoms with Crippen LogP contribution in [0.1, 0.15) is 25.3 Å². The number of para-hydroxylation sites is 1. The summed E-state index contributed by atoms with van der Waals surface area (Å²) in [6.07, 6.45) is 2.43. The Morgan fingerprint density at radius 3 is 3.10 bits per heavy atom. The minimum atomic E-state index is 0.0179. The second-order valence-corrected chi connectivity index (χ2v) is 5.82. The predicted octanol–water partition coefficient (Wildman–Crippen LogP) is 2.10. The van der Waals surface area contributed by atoms with Gasteiger partial charge >= 0.3 is 0 Å². The highest BCUT2D eigenvalue weighted by molar-refractivity contribution is 5.78. The molecule has 4 nitrogen and oxygen atoms in total. The Bertz CT molecular complexity index is 664. The average molecular weight is 285 g/mol. The molecule has 0 radical (unpaired) electrons. The zero-order valence-corrected chi connectivity index (χ0v) is 12.6. The Balaban J connectivity index is 1.70. The van der Waals surface area contributed by atoms with Gasteiger partial charge in [0.15, 0.2) is 0 Å². The zero-order valence-electron chi connectivity index (χ0n) is 12.6. The van der Waals surface area contributed by atoms with E-state index in [-0.39, 0.29) is 5.56 Å². The number of aromatic amines is 1. The predicted molar refractivity (Wildman–Crippen MR) is 86.5 cm³/mol. The molecule has 112 valence electrons. The molecule has 1 fully saturated rings. The Labute approximate surface area is 125 Å². The molecule has 0 aliphatic carbocycles. The lowest BCUT2D eigenvalue weighted by Gasteiger charge is -2.32. The van der Waals surface area contributed by atoms with E-state index < -0.39 is 0 Å². The van der Waals surface area contributed by atoms with Crippen molar-refractivity contribution in [2.75, 3.05) is 19.6 Å². The fraction of sp³-hybridized carbons (Fsp3) is 0.471. The van der Waals surface area contributed by atoms with Crippen molar-refractivity contribution >= 4 is 10.9 Å². The molecule has 1 unspecified atom stereocenters. The van der Waals surface area contributed by atoms with Gasteiger partial charge in [-0.15, -0.1) is 0 Å². The molecule has 21 heavy (non-hydrogen) atoms. The van der Waals surface area contributed by atoms with E-state index in [4.69, 9.17) is 0 Å². The summed E-state index contributed by atoms with van der Waals surface area (Å²) in [6, 6.07) is 10.4. The quantitative estimate of drug-likeness (QED) is 0.904. The topological polar surface area (TPSA) is 48.1 Å². The van der Waals surface area contributed by atoms with E-state index in [1.54, 1.807) is 0 Å². The molecule has 1 aliphatic heterocycles. The van der Waals surface area contributed by atoms with Crippen molar-refractivity contribution in [1.82, 2.24) is 15.2 Å². The van der Waals surface area contributed by atoms with Crippen molar-refractivity contribution in [3.05, 3.63) is 46.2 Å². The van der Waals surface area contributed by atoms with Crippen molar-refractivity contribution in [2.45, 2.75) is 32.4 Å². The summed E-state index contributed by atoms with van der Waals surface area (Å²) in [6.45, 7) is 6.24. The molecule has 0 bridgehead atoms. The van der Waals surface area contributed by atoms with E-state index in [9.17, 15) is 4.79 Å². The molecule has 1 aromatic heterocycles. The third-order valence-electron chi connectivity index (χ3n) is 4.36. The number of hydrogen-bond acceptors (Lipinski definition) is 3. The van der Waals surface area contributed by atoms with Crippen LogP contribution in [0.5, 0.6) is 0 Å². The van der Waals surface area contributed by atoms with Crippen LogP contribution < -0.4 is 10.9 Å². The third-order valence-corrected chi connectivity index (χ3v) is 4.36. The van der Waals surface area contributed by atoms with Gasteiger partial charge in [-0.25, -0.2) is 0 Å². The molecular weight excluding hydrogens is 262 g/mol. The second-order valence-electron chi connectivity index (χ2n) is 5.82. The van der Waals surface area contributed by atoms with Gasteiger partial charge in [0.1, 0.15) is 0 Å². The first-order valence-corrected chi connectivity index (χ1v) is 7.83. The van der Waals surface area contributed by atoms with Gasteiger partial charge in [-0.2, -0.15) is 0 Å². The maximum absolute atomic E-state index is 12.1. The summed E-state index contributed by atoms with van der Waals surface area (Å²) in [5, 5.41) is 4.64. The smallest absolute Gasteiger partial charge is 0.252 e.